The lowest BCUT2D eigenvalue weighted by Crippen LogP contribution is -1.88. The van der Waals surface area contributed by atoms with Crippen LogP contribution >= 0.6 is 32.4 Å². The summed E-state index contributed by atoms with van der Waals surface area (Å²) in [6.07, 6.45) is 40.1. The Balaban J connectivity index is 3.06. The molecule has 0 rings (SSSR count). The van der Waals surface area contributed by atoms with E-state index in [9.17, 15) is 4.57 Å². The summed E-state index contributed by atoms with van der Waals surface area (Å²) >= 11 is 9.19. The van der Waals surface area contributed by atoms with E-state index in [4.69, 9.17) is 22.0 Å². The SMILES string of the molecule is O=P(O)(O)CCCCCCCCCCCCCCCCCCCCCCCCCCCCCCCC(=S)S. The quantitative estimate of drug-likeness (QED) is 0.0315. The minimum atomic E-state index is -3.77. The van der Waals surface area contributed by atoms with Crippen LogP contribution in [0.25, 0.3) is 0 Å². The molecule has 0 unspecified atom stereocenters. The lowest BCUT2D eigenvalue weighted by atomic mass is 10.0. The van der Waals surface area contributed by atoms with E-state index in [0.29, 0.717) is 6.42 Å². The normalized spacial score (nSPS) is 11.9. The van der Waals surface area contributed by atoms with Crippen LogP contribution in [0.3, 0.4) is 0 Å². The van der Waals surface area contributed by atoms with Crippen molar-refractivity contribution in [3.05, 3.63) is 0 Å². The highest BCUT2D eigenvalue weighted by Gasteiger charge is 2.10. The van der Waals surface area contributed by atoms with Gasteiger partial charge < -0.3 is 9.79 Å². The summed E-state index contributed by atoms with van der Waals surface area (Å²) < 4.78 is 11.7. The molecule has 0 aromatic rings. The minimum absolute atomic E-state index is 0.0588. The van der Waals surface area contributed by atoms with Crippen LogP contribution in [0.4, 0.5) is 0 Å². The standard InChI is InChI=1S/C32H65O3PS2/c33-36(34,35)31-29-27-25-23-21-19-17-15-13-11-9-7-5-3-1-2-4-6-8-10-12-14-16-18-20-22-24-26-28-30-32(37)38/h1-31H2,(H,37,38)(H2,33,34,35). The second-order valence-corrected chi connectivity index (χ2v) is 14.9. The Kier molecular flexibility index (Phi) is 31.0. The van der Waals surface area contributed by atoms with Gasteiger partial charge in [0.05, 0.1) is 0 Å². The van der Waals surface area contributed by atoms with Gasteiger partial charge in [0.15, 0.2) is 0 Å². The topological polar surface area (TPSA) is 57.5 Å². The molecule has 0 radical (unpaired) electrons. The summed E-state index contributed by atoms with van der Waals surface area (Å²) in [4.78, 5) is 17.7. The van der Waals surface area contributed by atoms with Crippen LogP contribution in [0.2, 0.25) is 0 Å². The van der Waals surface area contributed by atoms with E-state index in [1.807, 2.05) is 0 Å². The molecule has 228 valence electrons. The molecule has 2 N–H and O–H groups in total. The fourth-order valence-corrected chi connectivity index (χ4v) is 6.30. The van der Waals surface area contributed by atoms with Crippen LogP contribution in [0, 0.1) is 0 Å². The maximum absolute atomic E-state index is 10.8. The molecule has 0 aromatic heterocycles. The van der Waals surface area contributed by atoms with Gasteiger partial charge in [0, 0.05) is 10.4 Å². The van der Waals surface area contributed by atoms with Gasteiger partial charge in [-0.3, -0.25) is 4.57 Å². The molecule has 0 atom stereocenters. The van der Waals surface area contributed by atoms with Crippen molar-refractivity contribution in [3.63, 3.8) is 0 Å². The molecule has 0 amide bonds. The lowest BCUT2D eigenvalue weighted by molar-refractivity contribution is 0.370. The van der Waals surface area contributed by atoms with Gasteiger partial charge in [-0.2, -0.15) is 0 Å². The predicted octanol–water partition coefficient (Wildman–Crippen LogP) is 12.1. The van der Waals surface area contributed by atoms with Crippen molar-refractivity contribution in [3.8, 4) is 0 Å². The predicted molar refractivity (Wildman–Crippen MR) is 177 cm³/mol. The summed E-state index contributed by atoms with van der Waals surface area (Å²) in [5.74, 6) is 0. The molecular weight excluding hydrogens is 527 g/mol. The first-order chi connectivity index (χ1) is 18.4. The van der Waals surface area contributed by atoms with E-state index in [0.717, 1.165) is 23.5 Å². The van der Waals surface area contributed by atoms with E-state index in [-0.39, 0.29) is 6.16 Å². The first-order valence-electron chi connectivity index (χ1n) is 16.7. The van der Waals surface area contributed by atoms with Crippen LogP contribution in [-0.2, 0) is 4.57 Å². The Morgan fingerprint density at radius 2 is 0.605 bits per heavy atom. The lowest BCUT2D eigenvalue weighted by Gasteiger charge is -2.05. The fourth-order valence-electron chi connectivity index (χ4n) is 5.37. The number of thiocarbonyl (C=S) groups is 1. The average Bonchev–Trinajstić information content (AvgIpc) is 2.86. The van der Waals surface area contributed by atoms with Gasteiger partial charge in [-0.05, 0) is 19.3 Å². The van der Waals surface area contributed by atoms with E-state index in [1.54, 1.807) is 0 Å². The first kappa shape index (κ1) is 38.6. The fraction of sp³-hybridized carbons (Fsp3) is 0.969. The molecule has 0 aliphatic rings. The number of hydrogen-bond donors (Lipinski definition) is 3. The second kappa shape index (κ2) is 30.5. The zero-order valence-corrected chi connectivity index (χ0v) is 27.6. The van der Waals surface area contributed by atoms with Gasteiger partial charge in [-0.1, -0.05) is 186 Å². The van der Waals surface area contributed by atoms with Gasteiger partial charge >= 0.3 is 7.60 Å². The highest BCUT2D eigenvalue weighted by Crippen LogP contribution is 2.35. The van der Waals surface area contributed by atoms with E-state index >= 15 is 0 Å². The van der Waals surface area contributed by atoms with Crippen LogP contribution < -0.4 is 0 Å². The molecule has 3 nitrogen and oxygen atoms in total. The van der Waals surface area contributed by atoms with E-state index in [1.165, 1.54) is 167 Å². The molecule has 0 spiro atoms. The molecule has 0 saturated heterocycles. The smallest absolute Gasteiger partial charge is 0.324 e. The summed E-state index contributed by atoms with van der Waals surface area (Å²) in [6, 6.07) is 0. The molecule has 0 fully saturated rings. The Morgan fingerprint density at radius 1 is 0.421 bits per heavy atom. The van der Waals surface area contributed by atoms with E-state index in [2.05, 4.69) is 12.6 Å². The van der Waals surface area contributed by atoms with Gasteiger partial charge in [0.25, 0.3) is 0 Å². The van der Waals surface area contributed by atoms with Crippen LogP contribution in [0.5, 0.6) is 0 Å². The first-order valence-corrected chi connectivity index (χ1v) is 19.3. The van der Waals surface area contributed by atoms with Gasteiger partial charge in [-0.25, -0.2) is 0 Å². The van der Waals surface area contributed by atoms with Crippen LogP contribution in [-0.4, -0.2) is 20.1 Å². The van der Waals surface area contributed by atoms with Crippen LogP contribution in [0.15, 0.2) is 0 Å². The van der Waals surface area contributed by atoms with E-state index < -0.39 is 7.60 Å². The van der Waals surface area contributed by atoms with Crippen molar-refractivity contribution >= 4 is 36.6 Å². The van der Waals surface area contributed by atoms with Crippen molar-refractivity contribution in [1.82, 2.24) is 0 Å². The molecular formula is C32H65O3PS2. The zero-order valence-electron chi connectivity index (χ0n) is 25.0. The van der Waals surface area contributed by atoms with Crippen molar-refractivity contribution in [1.29, 1.82) is 0 Å². The maximum atomic E-state index is 10.8. The minimum Gasteiger partial charge on any atom is -0.324 e. The Hall–Kier alpha value is 0.590. The molecule has 0 aliphatic carbocycles. The third kappa shape index (κ3) is 36.6. The van der Waals surface area contributed by atoms with Gasteiger partial charge in [-0.15, -0.1) is 12.6 Å². The van der Waals surface area contributed by atoms with Crippen LogP contribution in [0.1, 0.15) is 193 Å². The Labute approximate surface area is 249 Å². The molecule has 0 heterocycles. The third-order valence-corrected chi connectivity index (χ3v) is 9.17. The molecule has 0 aromatic carbocycles. The maximum Gasteiger partial charge on any atom is 0.325 e. The van der Waals surface area contributed by atoms with Crippen molar-refractivity contribution in [2.24, 2.45) is 0 Å². The molecule has 6 heteroatoms. The van der Waals surface area contributed by atoms with Gasteiger partial charge in [0.1, 0.15) is 0 Å². The zero-order chi connectivity index (χ0) is 28.0. The summed E-state index contributed by atoms with van der Waals surface area (Å²) in [6.45, 7) is 0. The number of thiol groups is 1. The van der Waals surface area contributed by atoms with Crippen molar-refractivity contribution in [2.45, 2.75) is 193 Å². The van der Waals surface area contributed by atoms with Crippen molar-refractivity contribution in [2.75, 3.05) is 6.16 Å². The third-order valence-electron chi connectivity index (χ3n) is 7.84. The second-order valence-electron chi connectivity index (χ2n) is 11.8. The molecule has 38 heavy (non-hydrogen) atoms. The van der Waals surface area contributed by atoms with Crippen molar-refractivity contribution < 1.29 is 14.4 Å². The molecule has 0 aliphatic heterocycles. The summed E-state index contributed by atoms with van der Waals surface area (Å²) in [7, 11) is -3.77. The Bertz CT molecular complexity index is 539. The number of hydrogen-bond acceptors (Lipinski definition) is 2. The highest BCUT2D eigenvalue weighted by atomic mass is 32.1. The highest BCUT2D eigenvalue weighted by molar-refractivity contribution is 8.11. The summed E-state index contributed by atoms with van der Waals surface area (Å²) in [5.41, 5.74) is 0. The monoisotopic (exact) mass is 592 g/mol. The largest absolute Gasteiger partial charge is 0.325 e. The molecule has 0 saturated carbocycles. The number of unbranched alkanes of at least 4 members (excludes halogenated alkanes) is 28. The average molecular weight is 593 g/mol. The Morgan fingerprint density at radius 3 is 0.789 bits per heavy atom. The molecule has 0 bridgehead atoms. The number of rotatable bonds is 32. The van der Waals surface area contributed by atoms with Gasteiger partial charge in [0.2, 0.25) is 0 Å². The summed E-state index contributed by atoms with van der Waals surface area (Å²) in [5, 5.41) is 0.